The molecule has 3 N–H and O–H groups in total. The van der Waals surface area contributed by atoms with E-state index in [1.165, 1.54) is 4.57 Å². The van der Waals surface area contributed by atoms with Gasteiger partial charge in [-0.05, 0) is 59.8 Å². The quantitative estimate of drug-likeness (QED) is 0.511. The number of hydrogen-bond acceptors (Lipinski definition) is 3. The highest BCUT2D eigenvalue weighted by Gasteiger charge is 2.39. The molecule has 1 aliphatic rings. The number of amides is 2. The molecule has 0 radical (unpaired) electrons. The van der Waals surface area contributed by atoms with Gasteiger partial charge in [0.1, 0.15) is 6.04 Å². The molecular formula is C29H35N3O3. The molecule has 2 amide bonds. The molecule has 1 aromatic heterocycles. The molecule has 1 heterocycles. The van der Waals surface area contributed by atoms with Crippen molar-refractivity contribution in [2.75, 3.05) is 5.32 Å². The molecule has 35 heavy (non-hydrogen) atoms. The average Bonchev–Trinajstić information content (AvgIpc) is 2.74. The summed E-state index contributed by atoms with van der Waals surface area (Å²) in [5.41, 5.74) is 7.02. The van der Waals surface area contributed by atoms with Crippen LogP contribution in [0.15, 0.2) is 65.6 Å². The van der Waals surface area contributed by atoms with Crippen LogP contribution in [-0.2, 0) is 9.59 Å². The van der Waals surface area contributed by atoms with E-state index >= 15 is 0 Å². The Morgan fingerprint density at radius 2 is 1.63 bits per heavy atom. The van der Waals surface area contributed by atoms with Gasteiger partial charge >= 0.3 is 0 Å². The van der Waals surface area contributed by atoms with E-state index in [0.29, 0.717) is 34.4 Å². The molecule has 1 fully saturated rings. The van der Waals surface area contributed by atoms with Crippen molar-refractivity contribution in [1.82, 2.24) is 4.57 Å². The molecule has 3 aromatic rings. The maximum atomic E-state index is 13.4. The van der Waals surface area contributed by atoms with Crippen molar-refractivity contribution in [1.29, 1.82) is 0 Å². The molecule has 0 unspecified atom stereocenters. The average molecular weight is 474 g/mol. The fourth-order valence-corrected chi connectivity index (χ4v) is 6.39. The zero-order valence-electron chi connectivity index (χ0n) is 21.0. The Hall–Kier alpha value is -3.41. The third kappa shape index (κ3) is 5.47. The van der Waals surface area contributed by atoms with Crippen molar-refractivity contribution in [3.05, 3.63) is 76.7 Å². The summed E-state index contributed by atoms with van der Waals surface area (Å²) >= 11 is 0. The lowest BCUT2D eigenvalue weighted by Crippen LogP contribution is -2.35. The minimum Gasteiger partial charge on any atom is -0.368 e. The van der Waals surface area contributed by atoms with Crippen LogP contribution in [0, 0.1) is 16.7 Å². The lowest BCUT2D eigenvalue weighted by atomic mass is 9.61. The van der Waals surface area contributed by atoms with Gasteiger partial charge < -0.3 is 11.1 Å². The van der Waals surface area contributed by atoms with E-state index in [-0.39, 0.29) is 22.3 Å². The summed E-state index contributed by atoms with van der Waals surface area (Å²) in [6.07, 6.45) is 5.24. The summed E-state index contributed by atoms with van der Waals surface area (Å²) in [4.78, 5) is 38.7. The summed E-state index contributed by atoms with van der Waals surface area (Å²) in [7, 11) is 0. The fourth-order valence-electron chi connectivity index (χ4n) is 6.39. The van der Waals surface area contributed by atoms with Gasteiger partial charge in [-0.25, -0.2) is 0 Å². The normalized spacial score (nSPS) is 18.2. The summed E-state index contributed by atoms with van der Waals surface area (Å²) in [5.74, 6) is -0.330. The lowest BCUT2D eigenvalue weighted by molar-refractivity contribution is -0.120. The molecule has 0 spiro atoms. The predicted molar refractivity (Wildman–Crippen MR) is 140 cm³/mol. The lowest BCUT2D eigenvalue weighted by Gasteiger charge is -2.45. The second kappa shape index (κ2) is 9.33. The van der Waals surface area contributed by atoms with E-state index in [0.717, 1.165) is 19.3 Å². The summed E-state index contributed by atoms with van der Waals surface area (Å²) in [5, 5.41) is 4.10. The maximum absolute atomic E-state index is 13.4. The molecule has 6 heteroatoms. The van der Waals surface area contributed by atoms with Gasteiger partial charge in [0.05, 0.1) is 0 Å². The highest BCUT2D eigenvalue weighted by atomic mass is 16.2. The van der Waals surface area contributed by atoms with Crippen LogP contribution in [0.3, 0.4) is 0 Å². The van der Waals surface area contributed by atoms with Crippen molar-refractivity contribution < 1.29 is 9.59 Å². The summed E-state index contributed by atoms with van der Waals surface area (Å²) < 4.78 is 1.36. The Morgan fingerprint density at radius 1 is 0.971 bits per heavy atom. The van der Waals surface area contributed by atoms with Crippen LogP contribution in [0.5, 0.6) is 0 Å². The molecule has 0 saturated heterocycles. The fraction of sp³-hybridized carbons (Fsp3) is 0.414. The number of primary amides is 1. The monoisotopic (exact) mass is 473 g/mol. The van der Waals surface area contributed by atoms with Crippen molar-refractivity contribution in [2.24, 2.45) is 22.5 Å². The molecule has 0 aliphatic heterocycles. The smallest absolute Gasteiger partial charge is 0.259 e. The molecule has 184 valence electrons. The highest BCUT2D eigenvalue weighted by Crippen LogP contribution is 2.49. The Balaban J connectivity index is 1.61. The van der Waals surface area contributed by atoms with Gasteiger partial charge in [0.15, 0.2) is 0 Å². The number of pyridine rings is 1. The first-order valence-corrected chi connectivity index (χ1v) is 12.2. The van der Waals surface area contributed by atoms with Crippen LogP contribution in [0.4, 0.5) is 5.69 Å². The van der Waals surface area contributed by atoms with Gasteiger partial charge in [-0.2, -0.15) is 0 Å². The van der Waals surface area contributed by atoms with E-state index in [2.05, 4.69) is 33.0 Å². The second-order valence-electron chi connectivity index (χ2n) is 11.5. The predicted octanol–water partition coefficient (Wildman–Crippen LogP) is 5.26. The van der Waals surface area contributed by atoms with Crippen molar-refractivity contribution in [2.45, 2.75) is 59.4 Å². The number of benzene rings is 2. The molecule has 2 aromatic carbocycles. The van der Waals surface area contributed by atoms with Crippen LogP contribution >= 0.6 is 0 Å². The number of rotatable bonds is 6. The van der Waals surface area contributed by atoms with Crippen LogP contribution < -0.4 is 16.6 Å². The van der Waals surface area contributed by atoms with E-state index in [1.54, 1.807) is 48.7 Å². The Labute approximate surface area is 206 Å². The van der Waals surface area contributed by atoms with E-state index in [9.17, 15) is 14.4 Å². The molecular weight excluding hydrogens is 438 g/mol. The Morgan fingerprint density at radius 3 is 2.26 bits per heavy atom. The van der Waals surface area contributed by atoms with Crippen molar-refractivity contribution in [3.8, 4) is 0 Å². The molecule has 1 saturated carbocycles. The van der Waals surface area contributed by atoms with Crippen LogP contribution in [-0.4, -0.2) is 16.4 Å². The first-order chi connectivity index (χ1) is 16.5. The number of carbonyl (C=O) groups excluding carboxylic acids is 2. The van der Waals surface area contributed by atoms with E-state index < -0.39 is 11.9 Å². The van der Waals surface area contributed by atoms with Gasteiger partial charge in [-0.1, -0.05) is 64.1 Å². The number of hydrogen-bond donors (Lipinski definition) is 2. The molecule has 4 rings (SSSR count). The van der Waals surface area contributed by atoms with Crippen molar-refractivity contribution >= 4 is 28.3 Å². The van der Waals surface area contributed by atoms with Gasteiger partial charge in [-0.3, -0.25) is 19.0 Å². The van der Waals surface area contributed by atoms with Gasteiger partial charge in [-0.15, -0.1) is 0 Å². The van der Waals surface area contributed by atoms with Gasteiger partial charge in [0, 0.05) is 29.1 Å². The molecule has 6 nitrogen and oxygen atoms in total. The number of aromatic nitrogens is 1. The third-order valence-electron chi connectivity index (χ3n) is 7.02. The van der Waals surface area contributed by atoms with E-state index in [4.69, 9.17) is 5.73 Å². The third-order valence-corrected chi connectivity index (χ3v) is 7.02. The van der Waals surface area contributed by atoms with Crippen molar-refractivity contribution in [3.63, 3.8) is 0 Å². The maximum Gasteiger partial charge on any atom is 0.259 e. The zero-order chi connectivity index (χ0) is 25.4. The first-order valence-electron chi connectivity index (χ1n) is 12.2. The standard InChI is InChI=1S/C29H35N3O3/c1-28(2)16-19(17-29(3,4)18-28)15-24(33)31-23-12-8-11-22-21(23)13-14-32(27(22)35)25(26(30)34)20-9-6-5-7-10-20/h5-14,19,25H,15-18H2,1-4H3,(H2,30,34)(H,31,33)/t25-/m0/s1. The summed E-state index contributed by atoms with van der Waals surface area (Å²) in [6, 6.07) is 15.1. The molecule has 1 aliphatic carbocycles. The number of nitrogens with one attached hydrogen (secondary N) is 1. The van der Waals surface area contributed by atoms with Gasteiger partial charge in [0.2, 0.25) is 11.8 Å². The molecule has 0 bridgehead atoms. The topological polar surface area (TPSA) is 94.2 Å². The Kier molecular flexibility index (Phi) is 6.58. The number of anilines is 1. The van der Waals surface area contributed by atoms with Crippen LogP contribution in [0.2, 0.25) is 0 Å². The highest BCUT2D eigenvalue weighted by molar-refractivity contribution is 6.02. The number of fused-ring (bicyclic) bond motifs is 1. The first kappa shape index (κ1) is 24.7. The van der Waals surface area contributed by atoms with Crippen LogP contribution in [0.1, 0.15) is 65.0 Å². The minimum absolute atomic E-state index is 0.0422. The number of nitrogens with two attached hydrogens (primary N) is 1. The summed E-state index contributed by atoms with van der Waals surface area (Å²) in [6.45, 7) is 9.12. The Bertz CT molecular complexity index is 1290. The van der Waals surface area contributed by atoms with E-state index in [1.807, 2.05) is 12.1 Å². The zero-order valence-corrected chi connectivity index (χ0v) is 21.0. The largest absolute Gasteiger partial charge is 0.368 e. The van der Waals surface area contributed by atoms with Crippen LogP contribution in [0.25, 0.3) is 10.8 Å². The second-order valence-corrected chi connectivity index (χ2v) is 11.5. The minimum atomic E-state index is -0.913. The van der Waals surface area contributed by atoms with Gasteiger partial charge in [0.25, 0.3) is 5.56 Å². The SMILES string of the molecule is CC1(C)CC(CC(=O)Nc2cccc3c(=O)n([C@H](C(N)=O)c4ccccc4)ccc23)CC(C)(C)C1. The molecule has 1 atom stereocenters. The number of nitrogens with zero attached hydrogens (tertiary/aromatic N) is 1. The number of carbonyl (C=O) groups is 2.